The van der Waals surface area contributed by atoms with E-state index in [0.717, 1.165) is 31.2 Å². The van der Waals surface area contributed by atoms with E-state index >= 15 is 0 Å². The van der Waals surface area contributed by atoms with Crippen LogP contribution < -0.4 is 10.6 Å². The normalized spacial score (nSPS) is 15.0. The number of amides is 2. The van der Waals surface area contributed by atoms with Gasteiger partial charge in [0, 0.05) is 31.7 Å². The van der Waals surface area contributed by atoms with Gasteiger partial charge in [0.05, 0.1) is 11.3 Å². The van der Waals surface area contributed by atoms with Crippen molar-refractivity contribution >= 4 is 27.5 Å². The maximum atomic E-state index is 13.2. The Bertz CT molecular complexity index is 1030. The van der Waals surface area contributed by atoms with Crippen molar-refractivity contribution < 1.29 is 18.0 Å². The number of hydrogen-bond donors (Lipinski definition) is 2. The van der Waals surface area contributed by atoms with Crippen molar-refractivity contribution in [3.63, 3.8) is 0 Å². The summed E-state index contributed by atoms with van der Waals surface area (Å²) in [6, 6.07) is 14.3. The molecule has 0 saturated carbocycles. The van der Waals surface area contributed by atoms with Crippen molar-refractivity contribution in [2.24, 2.45) is 0 Å². The van der Waals surface area contributed by atoms with Gasteiger partial charge in [-0.2, -0.15) is 4.31 Å². The summed E-state index contributed by atoms with van der Waals surface area (Å²) in [5.74, 6) is -0.433. The van der Waals surface area contributed by atoms with E-state index in [9.17, 15) is 18.0 Å². The van der Waals surface area contributed by atoms with E-state index in [2.05, 4.69) is 10.6 Å². The Labute approximate surface area is 190 Å². The molecule has 2 aromatic carbocycles. The average molecular weight is 458 g/mol. The number of anilines is 1. The third-order valence-electron chi connectivity index (χ3n) is 5.54. The predicted molar refractivity (Wildman–Crippen MR) is 125 cm³/mol. The van der Waals surface area contributed by atoms with Gasteiger partial charge in [-0.3, -0.25) is 9.59 Å². The highest BCUT2D eigenvalue weighted by Crippen LogP contribution is 2.25. The van der Waals surface area contributed by atoms with Crippen molar-refractivity contribution in [2.45, 2.75) is 50.3 Å². The van der Waals surface area contributed by atoms with Crippen LogP contribution in [-0.4, -0.2) is 44.2 Å². The fourth-order valence-electron chi connectivity index (χ4n) is 3.76. The van der Waals surface area contributed by atoms with Crippen LogP contribution >= 0.6 is 0 Å². The van der Waals surface area contributed by atoms with Crippen LogP contribution in [0.15, 0.2) is 53.4 Å². The van der Waals surface area contributed by atoms with Gasteiger partial charge in [-0.1, -0.05) is 49.2 Å². The molecule has 2 amide bonds. The molecule has 0 bridgehead atoms. The summed E-state index contributed by atoms with van der Waals surface area (Å²) in [5.41, 5.74) is 2.00. The Morgan fingerprint density at radius 2 is 1.62 bits per heavy atom. The number of sulfonamides is 1. The molecule has 172 valence electrons. The topological polar surface area (TPSA) is 95.6 Å². The predicted octanol–water partition coefficient (Wildman–Crippen LogP) is 3.25. The van der Waals surface area contributed by atoms with Gasteiger partial charge in [0.15, 0.2) is 0 Å². The lowest BCUT2D eigenvalue weighted by Gasteiger charge is -2.21. The molecule has 7 nitrogen and oxygen atoms in total. The van der Waals surface area contributed by atoms with E-state index in [1.807, 2.05) is 30.3 Å². The number of rotatable bonds is 8. The van der Waals surface area contributed by atoms with Crippen LogP contribution in [0.25, 0.3) is 0 Å². The van der Waals surface area contributed by atoms with Crippen molar-refractivity contribution in [1.29, 1.82) is 0 Å². The quantitative estimate of drug-likeness (QED) is 0.636. The van der Waals surface area contributed by atoms with E-state index in [4.69, 9.17) is 0 Å². The van der Waals surface area contributed by atoms with Gasteiger partial charge in [0.25, 0.3) is 0 Å². The lowest BCUT2D eigenvalue weighted by molar-refractivity contribution is -0.120. The number of benzene rings is 2. The highest BCUT2D eigenvalue weighted by molar-refractivity contribution is 7.89. The van der Waals surface area contributed by atoms with Crippen LogP contribution in [0.3, 0.4) is 0 Å². The van der Waals surface area contributed by atoms with Crippen LogP contribution in [0.5, 0.6) is 0 Å². The van der Waals surface area contributed by atoms with Gasteiger partial charge in [0.2, 0.25) is 21.8 Å². The molecule has 1 aliphatic rings. The molecule has 0 unspecified atom stereocenters. The molecule has 32 heavy (non-hydrogen) atoms. The van der Waals surface area contributed by atoms with Gasteiger partial charge >= 0.3 is 0 Å². The SMILES string of the molecule is Cc1ccc(NC(=O)CCNC(=O)Cc2ccccc2)cc1S(=O)(=O)N1CCCCCC1. The Kier molecular flexibility index (Phi) is 8.41. The summed E-state index contributed by atoms with van der Waals surface area (Å²) in [6.45, 7) is 3.03. The number of carbonyl (C=O) groups is 2. The number of aryl methyl sites for hydroxylation is 1. The fraction of sp³-hybridized carbons (Fsp3) is 0.417. The monoisotopic (exact) mass is 457 g/mol. The summed E-state index contributed by atoms with van der Waals surface area (Å²) >= 11 is 0. The molecule has 1 saturated heterocycles. The molecule has 1 fully saturated rings. The second-order valence-electron chi connectivity index (χ2n) is 8.11. The van der Waals surface area contributed by atoms with E-state index in [1.165, 1.54) is 6.07 Å². The molecule has 0 spiro atoms. The summed E-state index contributed by atoms with van der Waals surface area (Å²) < 4.78 is 27.9. The Balaban J connectivity index is 1.55. The summed E-state index contributed by atoms with van der Waals surface area (Å²) in [4.78, 5) is 24.6. The molecular weight excluding hydrogens is 426 g/mol. The minimum Gasteiger partial charge on any atom is -0.355 e. The second-order valence-corrected chi connectivity index (χ2v) is 10.0. The summed E-state index contributed by atoms with van der Waals surface area (Å²) in [5, 5.41) is 5.49. The molecule has 1 aliphatic heterocycles. The first-order valence-electron chi connectivity index (χ1n) is 11.1. The van der Waals surface area contributed by atoms with Crippen LogP contribution in [0.1, 0.15) is 43.2 Å². The molecule has 1 heterocycles. The van der Waals surface area contributed by atoms with Crippen molar-refractivity contribution in [3.05, 3.63) is 59.7 Å². The van der Waals surface area contributed by atoms with Crippen molar-refractivity contribution in [3.8, 4) is 0 Å². The van der Waals surface area contributed by atoms with Gasteiger partial charge < -0.3 is 10.6 Å². The standard InChI is InChI=1S/C24H31N3O4S/c1-19-11-12-21(18-22(19)32(30,31)27-15-7-2-3-8-16-27)26-23(28)13-14-25-24(29)17-20-9-5-4-6-10-20/h4-6,9-12,18H,2-3,7-8,13-17H2,1H3,(H,25,29)(H,26,28). The zero-order valence-corrected chi connectivity index (χ0v) is 19.3. The maximum absolute atomic E-state index is 13.2. The molecule has 0 aliphatic carbocycles. The number of hydrogen-bond acceptors (Lipinski definition) is 4. The zero-order valence-electron chi connectivity index (χ0n) is 18.5. The van der Waals surface area contributed by atoms with Crippen LogP contribution in [-0.2, 0) is 26.0 Å². The first kappa shape index (κ1) is 23.9. The maximum Gasteiger partial charge on any atom is 0.243 e. The van der Waals surface area contributed by atoms with E-state index < -0.39 is 10.0 Å². The minimum absolute atomic E-state index is 0.0998. The van der Waals surface area contributed by atoms with E-state index in [-0.39, 0.29) is 36.1 Å². The number of nitrogens with zero attached hydrogens (tertiary/aromatic N) is 1. The first-order chi connectivity index (χ1) is 15.4. The molecule has 2 aromatic rings. The highest BCUT2D eigenvalue weighted by atomic mass is 32.2. The third-order valence-corrected chi connectivity index (χ3v) is 7.58. The van der Waals surface area contributed by atoms with Crippen molar-refractivity contribution in [2.75, 3.05) is 25.0 Å². The van der Waals surface area contributed by atoms with Gasteiger partial charge in [-0.15, -0.1) is 0 Å². The number of carbonyl (C=O) groups excluding carboxylic acids is 2. The minimum atomic E-state index is -3.61. The van der Waals surface area contributed by atoms with Crippen LogP contribution in [0, 0.1) is 6.92 Å². The first-order valence-corrected chi connectivity index (χ1v) is 12.5. The second kappa shape index (κ2) is 11.2. The Morgan fingerprint density at radius 1 is 0.938 bits per heavy atom. The van der Waals surface area contributed by atoms with Crippen LogP contribution in [0.2, 0.25) is 0 Å². The molecule has 2 N–H and O–H groups in total. The lowest BCUT2D eigenvalue weighted by atomic mass is 10.1. The van der Waals surface area contributed by atoms with Crippen molar-refractivity contribution in [1.82, 2.24) is 9.62 Å². The molecule has 8 heteroatoms. The Hall–Kier alpha value is -2.71. The van der Waals surface area contributed by atoms with Gasteiger partial charge in [0.1, 0.15) is 0 Å². The molecule has 3 rings (SSSR count). The van der Waals surface area contributed by atoms with Crippen LogP contribution in [0.4, 0.5) is 5.69 Å². The largest absolute Gasteiger partial charge is 0.355 e. The zero-order chi connectivity index (χ0) is 23.0. The highest BCUT2D eigenvalue weighted by Gasteiger charge is 2.27. The van der Waals surface area contributed by atoms with Gasteiger partial charge in [-0.05, 0) is 43.0 Å². The smallest absolute Gasteiger partial charge is 0.243 e. The molecule has 0 radical (unpaired) electrons. The summed E-state index contributed by atoms with van der Waals surface area (Å²) in [6.07, 6.45) is 4.18. The lowest BCUT2D eigenvalue weighted by Crippen LogP contribution is -2.32. The number of nitrogens with one attached hydrogen (secondary N) is 2. The summed E-state index contributed by atoms with van der Waals surface area (Å²) in [7, 11) is -3.61. The van der Waals surface area contributed by atoms with E-state index in [1.54, 1.807) is 23.4 Å². The Morgan fingerprint density at radius 3 is 2.31 bits per heavy atom. The average Bonchev–Trinajstić information content (AvgIpc) is 3.06. The molecule has 0 aromatic heterocycles. The molecular formula is C24H31N3O4S. The van der Waals surface area contributed by atoms with E-state index in [0.29, 0.717) is 24.3 Å². The fourth-order valence-corrected chi connectivity index (χ4v) is 5.53. The molecule has 0 atom stereocenters. The third kappa shape index (κ3) is 6.64. The van der Waals surface area contributed by atoms with Gasteiger partial charge in [-0.25, -0.2) is 8.42 Å².